The van der Waals surface area contributed by atoms with Crippen LogP contribution in [0.5, 0.6) is 0 Å². The highest BCUT2D eigenvalue weighted by atomic mass is 16.2. The standard InChI is InChI=1S/C15H25N5O/c1-4-11-7-8-20(12(9-11)10-16)14-6-5-13(17-18-14)15(21)19(2)3/h5-6,11-12H,4,7-10,16H2,1-3H3. The van der Waals surface area contributed by atoms with Gasteiger partial charge in [-0.2, -0.15) is 0 Å². The predicted octanol–water partition coefficient (Wildman–Crippen LogP) is 1.13. The van der Waals surface area contributed by atoms with Gasteiger partial charge in [0.2, 0.25) is 0 Å². The molecule has 0 aliphatic carbocycles. The van der Waals surface area contributed by atoms with Gasteiger partial charge in [-0.15, -0.1) is 10.2 Å². The van der Waals surface area contributed by atoms with Crippen molar-refractivity contribution in [2.45, 2.75) is 32.2 Å². The molecule has 2 atom stereocenters. The number of hydrogen-bond acceptors (Lipinski definition) is 5. The molecule has 6 nitrogen and oxygen atoms in total. The smallest absolute Gasteiger partial charge is 0.273 e. The number of anilines is 1. The van der Waals surface area contributed by atoms with Crippen LogP contribution < -0.4 is 10.6 Å². The minimum absolute atomic E-state index is 0.130. The summed E-state index contributed by atoms with van der Waals surface area (Å²) in [4.78, 5) is 15.5. The lowest BCUT2D eigenvalue weighted by Gasteiger charge is -2.39. The molecular weight excluding hydrogens is 266 g/mol. The van der Waals surface area contributed by atoms with E-state index in [0.29, 0.717) is 18.3 Å². The van der Waals surface area contributed by atoms with Crippen LogP contribution in [-0.2, 0) is 0 Å². The molecule has 2 heterocycles. The molecule has 1 fully saturated rings. The van der Waals surface area contributed by atoms with E-state index in [2.05, 4.69) is 22.0 Å². The first-order valence-corrected chi connectivity index (χ1v) is 7.58. The van der Waals surface area contributed by atoms with Crippen molar-refractivity contribution in [1.29, 1.82) is 0 Å². The zero-order valence-electron chi connectivity index (χ0n) is 13.1. The van der Waals surface area contributed by atoms with Crippen LogP contribution in [0.1, 0.15) is 36.7 Å². The Morgan fingerprint density at radius 1 is 1.43 bits per heavy atom. The second-order valence-corrected chi connectivity index (χ2v) is 5.86. The third kappa shape index (κ3) is 3.50. The van der Waals surface area contributed by atoms with E-state index in [4.69, 9.17) is 5.73 Å². The lowest BCUT2D eigenvalue weighted by atomic mass is 9.89. The first-order chi connectivity index (χ1) is 10.1. The van der Waals surface area contributed by atoms with E-state index >= 15 is 0 Å². The van der Waals surface area contributed by atoms with Gasteiger partial charge in [-0.25, -0.2) is 0 Å². The van der Waals surface area contributed by atoms with Crippen LogP contribution in [-0.4, -0.2) is 54.2 Å². The number of carbonyl (C=O) groups excluding carboxylic acids is 1. The van der Waals surface area contributed by atoms with E-state index < -0.39 is 0 Å². The zero-order valence-corrected chi connectivity index (χ0v) is 13.1. The van der Waals surface area contributed by atoms with E-state index in [9.17, 15) is 4.79 Å². The summed E-state index contributed by atoms with van der Waals surface area (Å²) < 4.78 is 0. The summed E-state index contributed by atoms with van der Waals surface area (Å²) in [5, 5.41) is 8.29. The average molecular weight is 291 g/mol. The van der Waals surface area contributed by atoms with Crippen LogP contribution in [0.2, 0.25) is 0 Å². The molecule has 2 unspecified atom stereocenters. The molecule has 1 aliphatic heterocycles. The average Bonchev–Trinajstić information content (AvgIpc) is 2.53. The first kappa shape index (κ1) is 15.7. The Bertz CT molecular complexity index is 473. The van der Waals surface area contributed by atoms with Gasteiger partial charge in [0.15, 0.2) is 11.5 Å². The predicted molar refractivity (Wildman–Crippen MR) is 83.3 cm³/mol. The largest absolute Gasteiger partial charge is 0.351 e. The van der Waals surface area contributed by atoms with Crippen molar-refractivity contribution >= 4 is 11.7 Å². The van der Waals surface area contributed by atoms with E-state index in [1.807, 2.05) is 6.07 Å². The molecule has 116 valence electrons. The van der Waals surface area contributed by atoms with E-state index in [1.165, 1.54) is 11.3 Å². The maximum atomic E-state index is 11.8. The van der Waals surface area contributed by atoms with Gasteiger partial charge in [0.1, 0.15) is 0 Å². The SMILES string of the molecule is CCC1CCN(c2ccc(C(=O)N(C)C)nn2)C(CN)C1. The van der Waals surface area contributed by atoms with Crippen molar-refractivity contribution in [1.82, 2.24) is 15.1 Å². The maximum Gasteiger partial charge on any atom is 0.273 e. The summed E-state index contributed by atoms with van der Waals surface area (Å²) in [6.07, 6.45) is 3.46. The number of piperidine rings is 1. The molecule has 1 aromatic heterocycles. The number of amides is 1. The van der Waals surface area contributed by atoms with E-state index in [-0.39, 0.29) is 5.91 Å². The van der Waals surface area contributed by atoms with Gasteiger partial charge in [0.05, 0.1) is 0 Å². The van der Waals surface area contributed by atoms with Crippen molar-refractivity contribution < 1.29 is 4.79 Å². The molecular formula is C15H25N5O. The van der Waals surface area contributed by atoms with Crippen LogP contribution in [0.4, 0.5) is 5.82 Å². The van der Waals surface area contributed by atoms with Crippen LogP contribution in [0.3, 0.4) is 0 Å². The quantitative estimate of drug-likeness (QED) is 0.900. The zero-order chi connectivity index (χ0) is 15.4. The molecule has 1 amide bonds. The Hall–Kier alpha value is -1.69. The fourth-order valence-electron chi connectivity index (χ4n) is 2.85. The Labute approximate surface area is 126 Å². The second kappa shape index (κ2) is 6.85. The summed E-state index contributed by atoms with van der Waals surface area (Å²) in [5.41, 5.74) is 6.29. The molecule has 1 aromatic rings. The molecule has 2 N–H and O–H groups in total. The lowest BCUT2D eigenvalue weighted by molar-refractivity contribution is 0.0821. The molecule has 0 saturated carbocycles. The molecule has 21 heavy (non-hydrogen) atoms. The number of rotatable bonds is 4. The molecule has 0 bridgehead atoms. The van der Waals surface area contributed by atoms with Gasteiger partial charge in [0.25, 0.3) is 5.91 Å². The fourth-order valence-corrected chi connectivity index (χ4v) is 2.85. The minimum atomic E-state index is -0.130. The van der Waals surface area contributed by atoms with Gasteiger partial charge in [-0.3, -0.25) is 4.79 Å². The third-order valence-electron chi connectivity index (χ3n) is 4.24. The maximum absolute atomic E-state index is 11.8. The van der Waals surface area contributed by atoms with Crippen LogP contribution in [0, 0.1) is 5.92 Å². The molecule has 1 aliphatic rings. The van der Waals surface area contributed by atoms with Gasteiger partial charge in [0, 0.05) is 33.2 Å². The summed E-state index contributed by atoms with van der Waals surface area (Å²) in [6, 6.07) is 3.93. The van der Waals surface area contributed by atoms with Gasteiger partial charge in [-0.05, 0) is 30.9 Å². The third-order valence-corrected chi connectivity index (χ3v) is 4.24. The molecule has 0 radical (unpaired) electrons. The number of aromatic nitrogens is 2. The monoisotopic (exact) mass is 291 g/mol. The highest BCUT2D eigenvalue weighted by Gasteiger charge is 2.27. The molecule has 0 aromatic carbocycles. The number of carbonyl (C=O) groups is 1. The summed E-state index contributed by atoms with van der Waals surface area (Å²) in [5.74, 6) is 1.43. The van der Waals surface area contributed by atoms with Crippen molar-refractivity contribution in [3.05, 3.63) is 17.8 Å². The van der Waals surface area contributed by atoms with Crippen molar-refractivity contribution in [3.8, 4) is 0 Å². The molecule has 2 rings (SSSR count). The van der Waals surface area contributed by atoms with Crippen LogP contribution >= 0.6 is 0 Å². The van der Waals surface area contributed by atoms with E-state index in [1.54, 1.807) is 20.2 Å². The van der Waals surface area contributed by atoms with Crippen molar-refractivity contribution in [2.75, 3.05) is 32.1 Å². The number of nitrogens with zero attached hydrogens (tertiary/aromatic N) is 4. The lowest BCUT2D eigenvalue weighted by Crippen LogP contribution is -2.47. The Morgan fingerprint density at radius 3 is 2.71 bits per heavy atom. The summed E-state index contributed by atoms with van der Waals surface area (Å²) in [7, 11) is 3.41. The van der Waals surface area contributed by atoms with Crippen molar-refractivity contribution in [2.24, 2.45) is 11.7 Å². The minimum Gasteiger partial charge on any atom is -0.351 e. The fraction of sp³-hybridized carbons (Fsp3) is 0.667. The Morgan fingerprint density at radius 2 is 2.19 bits per heavy atom. The second-order valence-electron chi connectivity index (χ2n) is 5.86. The highest BCUT2D eigenvalue weighted by Crippen LogP contribution is 2.28. The normalized spacial score (nSPS) is 22.2. The van der Waals surface area contributed by atoms with Crippen LogP contribution in [0.25, 0.3) is 0 Å². The molecule has 6 heteroatoms. The van der Waals surface area contributed by atoms with Gasteiger partial charge >= 0.3 is 0 Å². The molecule has 1 saturated heterocycles. The van der Waals surface area contributed by atoms with Gasteiger partial charge in [-0.1, -0.05) is 13.3 Å². The summed E-state index contributed by atoms with van der Waals surface area (Å²) >= 11 is 0. The topological polar surface area (TPSA) is 75.4 Å². The summed E-state index contributed by atoms with van der Waals surface area (Å²) in [6.45, 7) is 3.81. The number of hydrogen-bond donors (Lipinski definition) is 1. The van der Waals surface area contributed by atoms with E-state index in [0.717, 1.165) is 31.1 Å². The number of nitrogens with two attached hydrogens (primary N) is 1. The highest BCUT2D eigenvalue weighted by molar-refractivity contribution is 5.91. The van der Waals surface area contributed by atoms with Crippen LogP contribution in [0.15, 0.2) is 12.1 Å². The van der Waals surface area contributed by atoms with Gasteiger partial charge < -0.3 is 15.5 Å². The Balaban J connectivity index is 2.12. The Kier molecular flexibility index (Phi) is 5.12. The first-order valence-electron chi connectivity index (χ1n) is 7.58. The van der Waals surface area contributed by atoms with Crippen molar-refractivity contribution in [3.63, 3.8) is 0 Å². The molecule has 0 spiro atoms.